The van der Waals surface area contributed by atoms with Crippen molar-refractivity contribution in [3.8, 4) is 5.75 Å². The summed E-state index contributed by atoms with van der Waals surface area (Å²) >= 11 is 1.18. The molecule has 0 unspecified atom stereocenters. The molecule has 3 heteroatoms. The van der Waals surface area contributed by atoms with Crippen molar-refractivity contribution in [3.05, 3.63) is 65.7 Å². The first-order chi connectivity index (χ1) is 8.76. The maximum atomic E-state index is 9.14. The summed E-state index contributed by atoms with van der Waals surface area (Å²) in [5, 5.41) is 9.12. The number of hydrogen-bond donors (Lipinski definition) is 1. The van der Waals surface area contributed by atoms with Crippen LogP contribution in [0.5, 0.6) is 5.75 Å². The van der Waals surface area contributed by atoms with Gasteiger partial charge in [0.05, 0.1) is 0 Å². The van der Waals surface area contributed by atoms with Gasteiger partial charge < -0.3 is 5.11 Å². The van der Waals surface area contributed by atoms with E-state index in [-0.39, 0.29) is 0 Å². The van der Waals surface area contributed by atoms with Crippen molar-refractivity contribution >= 4 is 17.4 Å². The monoisotopic (exact) mass is 260 g/mol. The maximum Gasteiger partial charge on any atom is 0.175 e. The molecule has 94 valence electrons. The van der Waals surface area contributed by atoms with Crippen LogP contribution in [0.25, 0.3) is 0 Å². The smallest absolute Gasteiger partial charge is 0.175 e. The zero-order valence-corrected chi connectivity index (χ0v) is 11.1. The van der Waals surface area contributed by atoms with Crippen molar-refractivity contribution in [2.24, 2.45) is 0 Å². The summed E-state index contributed by atoms with van der Waals surface area (Å²) in [5.74, 6) is 0.321. The zero-order valence-electron chi connectivity index (χ0n) is 10.2. The molecule has 0 bridgehead atoms. The van der Waals surface area contributed by atoms with Gasteiger partial charge in [0.1, 0.15) is 5.75 Å². The largest absolute Gasteiger partial charge is 0.508 e. The third-order valence-corrected chi connectivity index (χ3v) is 2.48. The molecule has 0 fully saturated rings. The molecule has 0 aliphatic rings. The Bertz CT molecular complexity index is 452. The molecular weight excluding hydrogens is 244 g/mol. The van der Waals surface area contributed by atoms with Gasteiger partial charge in [0, 0.05) is 0 Å². The molecule has 0 saturated heterocycles. The first kappa shape index (κ1) is 14.3. The first-order valence-corrected chi connectivity index (χ1v) is 6.83. The summed E-state index contributed by atoms with van der Waals surface area (Å²) in [6.07, 6.45) is 2.65. The highest BCUT2D eigenvalue weighted by Gasteiger charge is 1.95. The predicted octanol–water partition coefficient (Wildman–Crippen LogP) is 3.52. The third kappa shape index (κ3) is 5.55. The lowest BCUT2D eigenvalue weighted by molar-refractivity contribution is 0.475. The summed E-state index contributed by atoms with van der Waals surface area (Å²) in [5.41, 5.74) is 3.30. The van der Waals surface area contributed by atoms with E-state index in [1.165, 1.54) is 22.9 Å². The van der Waals surface area contributed by atoms with E-state index in [0.717, 1.165) is 12.0 Å². The second kappa shape index (κ2) is 8.37. The van der Waals surface area contributed by atoms with Crippen molar-refractivity contribution < 1.29 is 9.90 Å². The maximum absolute atomic E-state index is 9.14. The molecule has 18 heavy (non-hydrogen) atoms. The molecule has 0 aliphatic heterocycles. The number of hydrogen-bond acceptors (Lipinski definition) is 3. The number of benzene rings is 2. The van der Waals surface area contributed by atoms with E-state index in [9.17, 15) is 0 Å². The Balaban J connectivity index is 0.000000357. The van der Waals surface area contributed by atoms with E-state index in [1.807, 2.05) is 30.3 Å². The molecule has 0 aliphatic carbocycles. The van der Waals surface area contributed by atoms with Gasteiger partial charge >= 0.3 is 0 Å². The van der Waals surface area contributed by atoms with Crippen LogP contribution in [0.2, 0.25) is 0 Å². The van der Waals surface area contributed by atoms with E-state index >= 15 is 0 Å². The van der Waals surface area contributed by atoms with Crippen molar-refractivity contribution in [2.45, 2.75) is 6.42 Å². The average molecular weight is 260 g/mol. The third-order valence-electron chi connectivity index (χ3n) is 2.28. The van der Waals surface area contributed by atoms with Crippen molar-refractivity contribution in [2.75, 3.05) is 6.26 Å². The minimum Gasteiger partial charge on any atom is -0.508 e. The van der Waals surface area contributed by atoms with Crippen LogP contribution in [0.4, 0.5) is 0 Å². The summed E-state index contributed by atoms with van der Waals surface area (Å²) in [4.78, 5) is 9.14. The predicted molar refractivity (Wildman–Crippen MR) is 77.6 cm³/mol. The van der Waals surface area contributed by atoms with Gasteiger partial charge in [-0.2, -0.15) is 0 Å². The second-order valence-corrected chi connectivity index (χ2v) is 4.32. The minimum atomic E-state index is 0.321. The second-order valence-electron chi connectivity index (χ2n) is 3.66. The van der Waals surface area contributed by atoms with E-state index in [1.54, 1.807) is 18.4 Å². The lowest BCUT2D eigenvalue weighted by Crippen LogP contribution is -1.86. The zero-order chi connectivity index (χ0) is 13.2. The van der Waals surface area contributed by atoms with Crippen LogP contribution in [0.1, 0.15) is 11.1 Å². The number of thioether (sulfide) groups is 1. The van der Waals surface area contributed by atoms with Gasteiger partial charge in [0.25, 0.3) is 0 Å². The Kier molecular flexibility index (Phi) is 6.66. The SMILES string of the molecule is CSC=O.Oc1ccc(Cc2ccccc2)cc1. The molecule has 0 spiro atoms. The Labute approximate surface area is 112 Å². The fourth-order valence-electron chi connectivity index (χ4n) is 1.45. The van der Waals surface area contributed by atoms with Crippen molar-refractivity contribution in [1.29, 1.82) is 0 Å². The lowest BCUT2D eigenvalue weighted by Gasteiger charge is -2.01. The molecule has 0 heterocycles. The van der Waals surface area contributed by atoms with Crippen LogP contribution in [-0.2, 0) is 11.2 Å². The Morgan fingerprint density at radius 3 is 2.00 bits per heavy atom. The Hall–Kier alpha value is -1.74. The van der Waals surface area contributed by atoms with Gasteiger partial charge in [-0.3, -0.25) is 4.79 Å². The van der Waals surface area contributed by atoms with Crippen LogP contribution in [0, 0.1) is 0 Å². The average Bonchev–Trinajstić information content (AvgIpc) is 2.43. The molecule has 2 aromatic carbocycles. The number of rotatable bonds is 3. The summed E-state index contributed by atoms with van der Waals surface area (Å²) in [7, 11) is 0. The summed E-state index contributed by atoms with van der Waals surface area (Å²) in [6, 6.07) is 17.6. The molecule has 0 atom stereocenters. The summed E-state index contributed by atoms with van der Waals surface area (Å²) in [6.45, 7) is 0. The lowest BCUT2D eigenvalue weighted by atomic mass is 10.1. The van der Waals surface area contributed by atoms with Crippen molar-refractivity contribution in [3.63, 3.8) is 0 Å². The fourth-order valence-corrected chi connectivity index (χ4v) is 1.45. The van der Waals surface area contributed by atoms with Gasteiger partial charge in [-0.1, -0.05) is 54.2 Å². The van der Waals surface area contributed by atoms with Crippen LogP contribution >= 0.6 is 11.8 Å². The van der Waals surface area contributed by atoms with Crippen LogP contribution < -0.4 is 0 Å². The van der Waals surface area contributed by atoms with Gasteiger partial charge in [0.15, 0.2) is 5.62 Å². The quantitative estimate of drug-likeness (QED) is 0.858. The number of aromatic hydroxyl groups is 1. The van der Waals surface area contributed by atoms with Gasteiger partial charge in [-0.05, 0) is 35.9 Å². The molecule has 2 nitrogen and oxygen atoms in total. The molecule has 1 N–H and O–H groups in total. The fraction of sp³-hybridized carbons (Fsp3) is 0.133. The molecule has 0 aromatic heterocycles. The highest BCUT2D eigenvalue weighted by atomic mass is 32.2. The molecule has 0 saturated carbocycles. The molecule has 0 radical (unpaired) electrons. The number of carbonyl (C=O) groups is 1. The standard InChI is InChI=1S/C13H12O.C2H4OS/c14-13-8-6-12(7-9-13)10-11-4-2-1-3-5-11;1-4-2-3/h1-9,14H,10H2;2H,1H3. The van der Waals surface area contributed by atoms with Crippen LogP contribution in [0.3, 0.4) is 0 Å². The summed E-state index contributed by atoms with van der Waals surface area (Å²) < 4.78 is 0. The van der Waals surface area contributed by atoms with E-state index in [4.69, 9.17) is 9.90 Å². The molecule has 2 aromatic rings. The number of phenolic OH excluding ortho intramolecular Hbond substituents is 1. The topological polar surface area (TPSA) is 37.3 Å². The Morgan fingerprint density at radius 1 is 1.00 bits per heavy atom. The highest BCUT2D eigenvalue weighted by Crippen LogP contribution is 2.13. The minimum absolute atomic E-state index is 0.321. The normalized spacial score (nSPS) is 9.17. The van der Waals surface area contributed by atoms with Gasteiger partial charge in [-0.15, -0.1) is 0 Å². The van der Waals surface area contributed by atoms with E-state index in [0.29, 0.717) is 5.75 Å². The van der Waals surface area contributed by atoms with Crippen molar-refractivity contribution in [1.82, 2.24) is 0 Å². The number of carbonyl (C=O) groups excluding carboxylic acids is 1. The van der Waals surface area contributed by atoms with Gasteiger partial charge in [-0.25, -0.2) is 0 Å². The van der Waals surface area contributed by atoms with Gasteiger partial charge in [0.2, 0.25) is 0 Å². The Morgan fingerprint density at radius 2 is 1.50 bits per heavy atom. The molecule has 2 rings (SSSR count). The molecule has 0 amide bonds. The number of phenols is 1. The van der Waals surface area contributed by atoms with Crippen LogP contribution in [0.15, 0.2) is 54.6 Å². The molecular formula is C15H16O2S. The first-order valence-electron chi connectivity index (χ1n) is 5.54. The van der Waals surface area contributed by atoms with E-state index in [2.05, 4.69) is 12.1 Å². The van der Waals surface area contributed by atoms with Crippen LogP contribution in [-0.4, -0.2) is 17.0 Å². The van der Waals surface area contributed by atoms with E-state index < -0.39 is 0 Å². The highest BCUT2D eigenvalue weighted by molar-refractivity contribution is 8.11.